The summed E-state index contributed by atoms with van der Waals surface area (Å²) < 4.78 is 10.3. The van der Waals surface area contributed by atoms with E-state index in [1.807, 2.05) is 0 Å². The highest BCUT2D eigenvalue weighted by Gasteiger charge is 2.56. The maximum atomic E-state index is 9.60. The van der Waals surface area contributed by atoms with Gasteiger partial charge in [-0.3, -0.25) is 0 Å². The Kier molecular flexibility index (Phi) is 2.36. The standard InChI is InChI=1S/C7H11NO5S/c9-2-7-5(13-6(14)8-7)4(11)3(10)1-12-7/h3-5,9-11H,1-2H2,(H,8,14)/t3-,4-,5+,7-/m1/s1. The van der Waals surface area contributed by atoms with Crippen molar-refractivity contribution >= 4 is 17.4 Å². The second-order valence-electron chi connectivity index (χ2n) is 3.37. The van der Waals surface area contributed by atoms with E-state index in [1.165, 1.54) is 0 Å². The van der Waals surface area contributed by atoms with Gasteiger partial charge >= 0.3 is 0 Å². The molecule has 0 aromatic carbocycles. The van der Waals surface area contributed by atoms with Crippen molar-refractivity contribution in [2.24, 2.45) is 0 Å². The van der Waals surface area contributed by atoms with E-state index in [9.17, 15) is 10.2 Å². The molecule has 80 valence electrons. The third kappa shape index (κ3) is 1.29. The number of aliphatic hydroxyl groups excluding tert-OH is 3. The average molecular weight is 221 g/mol. The van der Waals surface area contributed by atoms with Crippen molar-refractivity contribution in [2.75, 3.05) is 13.2 Å². The van der Waals surface area contributed by atoms with E-state index in [0.29, 0.717) is 0 Å². The number of hydrogen-bond acceptors (Lipinski definition) is 6. The molecule has 0 spiro atoms. The van der Waals surface area contributed by atoms with Gasteiger partial charge in [0.2, 0.25) is 5.72 Å². The maximum Gasteiger partial charge on any atom is 0.259 e. The van der Waals surface area contributed by atoms with Crippen molar-refractivity contribution in [3.8, 4) is 0 Å². The fourth-order valence-corrected chi connectivity index (χ4v) is 1.93. The van der Waals surface area contributed by atoms with Crippen LogP contribution in [0.4, 0.5) is 0 Å². The third-order valence-electron chi connectivity index (χ3n) is 2.46. The molecule has 0 aromatic rings. The van der Waals surface area contributed by atoms with Gasteiger partial charge in [-0.25, -0.2) is 0 Å². The molecule has 0 amide bonds. The predicted molar refractivity (Wildman–Crippen MR) is 48.4 cm³/mol. The Labute approximate surface area is 85.4 Å². The van der Waals surface area contributed by atoms with Crippen LogP contribution in [-0.2, 0) is 9.47 Å². The summed E-state index contributed by atoms with van der Waals surface area (Å²) in [7, 11) is 0. The first-order chi connectivity index (χ1) is 6.59. The lowest BCUT2D eigenvalue weighted by Gasteiger charge is -2.39. The third-order valence-corrected chi connectivity index (χ3v) is 2.66. The summed E-state index contributed by atoms with van der Waals surface area (Å²) in [5, 5.41) is 30.8. The lowest BCUT2D eigenvalue weighted by molar-refractivity contribution is -0.229. The Balaban J connectivity index is 2.25. The van der Waals surface area contributed by atoms with Crippen LogP contribution in [0.3, 0.4) is 0 Å². The van der Waals surface area contributed by atoms with Gasteiger partial charge in [-0.15, -0.1) is 0 Å². The molecule has 0 aromatic heterocycles. The molecule has 6 nitrogen and oxygen atoms in total. The van der Waals surface area contributed by atoms with E-state index in [1.54, 1.807) is 0 Å². The minimum Gasteiger partial charge on any atom is -0.460 e. The molecule has 2 rings (SSSR count). The Hall–Kier alpha value is -0.470. The smallest absolute Gasteiger partial charge is 0.259 e. The van der Waals surface area contributed by atoms with Crippen LogP contribution in [0.25, 0.3) is 0 Å². The molecule has 0 saturated carbocycles. The maximum absolute atomic E-state index is 9.60. The van der Waals surface area contributed by atoms with Gasteiger partial charge in [0.15, 0.2) is 6.10 Å². The molecule has 2 aliphatic heterocycles. The van der Waals surface area contributed by atoms with Crippen LogP contribution in [-0.4, -0.2) is 57.7 Å². The van der Waals surface area contributed by atoms with Crippen LogP contribution in [0.2, 0.25) is 0 Å². The molecule has 2 saturated heterocycles. The molecule has 7 heteroatoms. The number of nitrogens with one attached hydrogen (secondary N) is 1. The number of ether oxygens (including phenoxy) is 2. The molecule has 14 heavy (non-hydrogen) atoms. The zero-order valence-corrected chi connectivity index (χ0v) is 8.03. The minimum atomic E-state index is -1.21. The summed E-state index contributed by atoms with van der Waals surface area (Å²) in [6, 6.07) is 0. The van der Waals surface area contributed by atoms with E-state index in [4.69, 9.17) is 26.8 Å². The molecule has 0 radical (unpaired) electrons. The predicted octanol–water partition coefficient (Wildman–Crippen LogP) is -2.30. The summed E-state index contributed by atoms with van der Waals surface area (Å²) in [4.78, 5) is 0. The first-order valence-electron chi connectivity index (χ1n) is 4.19. The van der Waals surface area contributed by atoms with E-state index >= 15 is 0 Å². The summed E-state index contributed by atoms with van der Waals surface area (Å²) in [6.07, 6.45) is -3.02. The lowest BCUT2D eigenvalue weighted by Crippen LogP contribution is -2.64. The van der Waals surface area contributed by atoms with Gasteiger partial charge in [-0.2, -0.15) is 0 Å². The van der Waals surface area contributed by atoms with Gasteiger partial charge in [-0.1, -0.05) is 0 Å². The van der Waals surface area contributed by atoms with Crippen molar-refractivity contribution in [1.82, 2.24) is 5.32 Å². The van der Waals surface area contributed by atoms with Crippen LogP contribution in [0.1, 0.15) is 0 Å². The first kappa shape index (κ1) is 10.1. The second kappa shape index (κ2) is 3.28. The largest absolute Gasteiger partial charge is 0.460 e. The molecular formula is C7H11NO5S. The topological polar surface area (TPSA) is 91.2 Å². The summed E-state index contributed by atoms with van der Waals surface area (Å²) in [5.41, 5.74) is -1.21. The minimum absolute atomic E-state index is 0.0530. The van der Waals surface area contributed by atoms with Crippen molar-refractivity contribution in [3.63, 3.8) is 0 Å². The number of aliphatic hydroxyl groups is 3. The molecule has 2 heterocycles. The van der Waals surface area contributed by atoms with Crippen molar-refractivity contribution in [2.45, 2.75) is 24.0 Å². The van der Waals surface area contributed by atoms with Gasteiger partial charge < -0.3 is 30.1 Å². The van der Waals surface area contributed by atoms with Crippen LogP contribution >= 0.6 is 12.2 Å². The SMILES string of the molecule is OC[C@]12NC(=S)O[C@H]1[C@H](O)[C@H](O)CO2. The van der Waals surface area contributed by atoms with Gasteiger partial charge in [0.1, 0.15) is 12.2 Å². The summed E-state index contributed by atoms with van der Waals surface area (Å²) in [6.45, 7) is -0.460. The van der Waals surface area contributed by atoms with Crippen LogP contribution < -0.4 is 5.32 Å². The average Bonchev–Trinajstić information content (AvgIpc) is 2.51. The van der Waals surface area contributed by atoms with E-state index < -0.39 is 24.0 Å². The van der Waals surface area contributed by atoms with Crippen molar-refractivity contribution in [3.05, 3.63) is 0 Å². The normalized spacial score (nSPS) is 46.8. The van der Waals surface area contributed by atoms with E-state index in [2.05, 4.69) is 5.32 Å². The fraction of sp³-hybridized carbons (Fsp3) is 0.857. The van der Waals surface area contributed by atoms with Crippen LogP contribution in [0.5, 0.6) is 0 Å². The highest BCUT2D eigenvalue weighted by Crippen LogP contribution is 2.30. The van der Waals surface area contributed by atoms with Crippen molar-refractivity contribution in [1.29, 1.82) is 0 Å². The zero-order valence-electron chi connectivity index (χ0n) is 7.21. The quantitative estimate of drug-likeness (QED) is 0.370. The molecule has 4 atom stereocenters. The first-order valence-corrected chi connectivity index (χ1v) is 4.59. The monoisotopic (exact) mass is 221 g/mol. The number of hydrogen-bond donors (Lipinski definition) is 4. The fourth-order valence-electron chi connectivity index (χ4n) is 1.66. The molecular weight excluding hydrogens is 210 g/mol. The Morgan fingerprint density at radius 2 is 2.29 bits per heavy atom. The Morgan fingerprint density at radius 3 is 2.93 bits per heavy atom. The summed E-state index contributed by atoms with van der Waals surface area (Å²) in [5.74, 6) is 0. The Bertz CT molecular complexity index is 262. The van der Waals surface area contributed by atoms with Gasteiger partial charge in [0.25, 0.3) is 5.17 Å². The number of fused-ring (bicyclic) bond motifs is 1. The summed E-state index contributed by atoms with van der Waals surface area (Å²) >= 11 is 4.75. The van der Waals surface area contributed by atoms with E-state index in [-0.39, 0.29) is 18.4 Å². The molecule has 4 N–H and O–H groups in total. The van der Waals surface area contributed by atoms with Gasteiger partial charge in [0, 0.05) is 0 Å². The number of thiocarbonyl (C=S) groups is 1. The molecule has 0 aliphatic carbocycles. The zero-order chi connectivity index (χ0) is 10.3. The van der Waals surface area contributed by atoms with E-state index in [0.717, 1.165) is 0 Å². The number of rotatable bonds is 1. The van der Waals surface area contributed by atoms with Gasteiger partial charge in [-0.05, 0) is 12.2 Å². The van der Waals surface area contributed by atoms with Crippen LogP contribution in [0.15, 0.2) is 0 Å². The Morgan fingerprint density at radius 1 is 1.57 bits per heavy atom. The highest BCUT2D eigenvalue weighted by atomic mass is 32.1. The van der Waals surface area contributed by atoms with Crippen molar-refractivity contribution < 1.29 is 24.8 Å². The second-order valence-corrected chi connectivity index (χ2v) is 3.74. The van der Waals surface area contributed by atoms with Gasteiger partial charge in [0.05, 0.1) is 13.2 Å². The molecule has 0 unspecified atom stereocenters. The van der Waals surface area contributed by atoms with Crippen LogP contribution in [0, 0.1) is 0 Å². The molecule has 0 bridgehead atoms. The highest BCUT2D eigenvalue weighted by molar-refractivity contribution is 7.80. The molecule has 2 aliphatic rings. The lowest BCUT2D eigenvalue weighted by atomic mass is 9.96. The molecule has 2 fully saturated rings.